The van der Waals surface area contributed by atoms with Crippen molar-refractivity contribution >= 4 is 39.1 Å². The minimum absolute atomic E-state index is 0.0478. The average Bonchev–Trinajstić information content (AvgIpc) is 3.14. The first kappa shape index (κ1) is 17.8. The van der Waals surface area contributed by atoms with Crippen molar-refractivity contribution in [3.05, 3.63) is 77.9 Å². The first-order valence-corrected chi connectivity index (χ1v) is 10.1. The third-order valence-electron chi connectivity index (χ3n) is 4.17. The van der Waals surface area contributed by atoms with Gasteiger partial charge in [0.1, 0.15) is 22.0 Å². The highest BCUT2D eigenvalue weighted by atomic mass is 32.2. The van der Waals surface area contributed by atoms with E-state index in [0.29, 0.717) is 11.1 Å². The summed E-state index contributed by atoms with van der Waals surface area (Å²) in [4.78, 5) is 23.2. The van der Waals surface area contributed by atoms with Gasteiger partial charge in [0.05, 0.1) is 5.75 Å². The number of benzene rings is 2. The Balaban J connectivity index is 1.57. The molecular weight excluding hydrogens is 379 g/mol. The number of Topliss-reactive ketones (excluding diaryl/α,β-unsaturated/α-hetero) is 1. The van der Waals surface area contributed by atoms with Crippen LogP contribution in [0, 0.1) is 12.7 Å². The van der Waals surface area contributed by atoms with Crippen LogP contribution >= 0.6 is 23.1 Å². The van der Waals surface area contributed by atoms with Crippen LogP contribution in [-0.2, 0) is 0 Å². The second kappa shape index (κ2) is 7.58. The molecule has 2 heterocycles. The molecule has 3 nitrogen and oxygen atoms in total. The van der Waals surface area contributed by atoms with E-state index in [9.17, 15) is 9.18 Å². The summed E-state index contributed by atoms with van der Waals surface area (Å²) in [6, 6.07) is 16.6. The van der Waals surface area contributed by atoms with Crippen LogP contribution in [0.4, 0.5) is 4.39 Å². The van der Waals surface area contributed by atoms with Gasteiger partial charge in [-0.2, -0.15) is 0 Å². The van der Waals surface area contributed by atoms with Crippen LogP contribution in [0.3, 0.4) is 0 Å². The van der Waals surface area contributed by atoms with Crippen molar-refractivity contribution < 1.29 is 9.18 Å². The van der Waals surface area contributed by atoms with Crippen LogP contribution < -0.4 is 0 Å². The molecule has 0 saturated heterocycles. The van der Waals surface area contributed by atoms with Crippen LogP contribution in [0.2, 0.25) is 0 Å². The topological polar surface area (TPSA) is 42.9 Å². The van der Waals surface area contributed by atoms with Gasteiger partial charge in [-0.15, -0.1) is 11.3 Å². The molecule has 4 rings (SSSR count). The quantitative estimate of drug-likeness (QED) is 0.244. The van der Waals surface area contributed by atoms with E-state index in [1.165, 1.54) is 30.2 Å². The minimum Gasteiger partial charge on any atom is -0.293 e. The molecule has 0 spiro atoms. The van der Waals surface area contributed by atoms with Gasteiger partial charge in [0, 0.05) is 15.8 Å². The summed E-state index contributed by atoms with van der Waals surface area (Å²) in [6.07, 6.45) is 1.53. The predicted octanol–water partition coefficient (Wildman–Crippen LogP) is 5.78. The Morgan fingerprint density at radius 3 is 2.70 bits per heavy atom. The van der Waals surface area contributed by atoms with E-state index in [4.69, 9.17) is 0 Å². The Kier molecular flexibility index (Phi) is 5.01. The molecule has 2 aromatic carbocycles. The molecule has 0 saturated carbocycles. The smallest absolute Gasteiger partial charge is 0.173 e. The molecule has 2 aromatic heterocycles. The Bertz CT molecular complexity index is 1130. The molecule has 0 aliphatic rings. The highest BCUT2D eigenvalue weighted by Crippen LogP contribution is 2.36. The third-order valence-corrected chi connectivity index (χ3v) is 6.27. The zero-order chi connectivity index (χ0) is 18.8. The maximum absolute atomic E-state index is 13.4. The highest BCUT2D eigenvalue weighted by molar-refractivity contribution is 8.00. The number of halogens is 1. The Labute approximate surface area is 164 Å². The molecular formula is C21H15FN2OS2. The van der Waals surface area contributed by atoms with Crippen LogP contribution in [0.25, 0.3) is 20.7 Å². The van der Waals surface area contributed by atoms with Gasteiger partial charge in [0.15, 0.2) is 5.78 Å². The van der Waals surface area contributed by atoms with Crippen molar-refractivity contribution in [3.8, 4) is 10.4 Å². The van der Waals surface area contributed by atoms with E-state index < -0.39 is 0 Å². The Hall–Kier alpha value is -2.57. The number of thiophene rings is 1. The van der Waals surface area contributed by atoms with Crippen molar-refractivity contribution in [2.24, 2.45) is 0 Å². The minimum atomic E-state index is -0.302. The Morgan fingerprint density at radius 2 is 1.93 bits per heavy atom. The second-order valence-corrected chi connectivity index (χ2v) is 8.04. The molecule has 6 heteroatoms. The maximum atomic E-state index is 13.4. The first-order valence-electron chi connectivity index (χ1n) is 8.34. The lowest BCUT2D eigenvalue weighted by atomic mass is 10.1. The summed E-state index contributed by atoms with van der Waals surface area (Å²) in [5, 5.41) is 1.74. The fourth-order valence-corrected chi connectivity index (χ4v) is 4.67. The summed E-state index contributed by atoms with van der Waals surface area (Å²) >= 11 is 2.99. The normalized spacial score (nSPS) is 11.0. The molecule has 27 heavy (non-hydrogen) atoms. The summed E-state index contributed by atoms with van der Waals surface area (Å²) in [6.45, 7) is 1.66. The largest absolute Gasteiger partial charge is 0.293 e. The van der Waals surface area contributed by atoms with Crippen molar-refractivity contribution in [1.29, 1.82) is 0 Å². The van der Waals surface area contributed by atoms with Crippen LogP contribution in [0.5, 0.6) is 0 Å². The number of rotatable bonds is 5. The standard InChI is InChI=1S/C21H15FN2OS2/c1-13-9-15(7-8-17(13)22)18(25)11-26-20-16-10-19(14-5-3-2-4-6-14)27-21(16)24-12-23-20/h2-10,12H,11H2,1H3. The number of nitrogens with zero attached hydrogens (tertiary/aromatic N) is 2. The van der Waals surface area contributed by atoms with Gasteiger partial charge in [-0.1, -0.05) is 42.1 Å². The van der Waals surface area contributed by atoms with E-state index in [-0.39, 0.29) is 17.4 Å². The zero-order valence-electron chi connectivity index (χ0n) is 14.5. The molecule has 0 radical (unpaired) electrons. The molecule has 0 atom stereocenters. The molecule has 0 aliphatic heterocycles. The molecule has 134 valence electrons. The van der Waals surface area contributed by atoms with Crippen molar-refractivity contribution in [3.63, 3.8) is 0 Å². The van der Waals surface area contributed by atoms with E-state index in [1.807, 2.05) is 18.2 Å². The van der Waals surface area contributed by atoms with Crippen LogP contribution in [-0.4, -0.2) is 21.5 Å². The van der Waals surface area contributed by atoms with Crippen molar-refractivity contribution in [1.82, 2.24) is 9.97 Å². The molecule has 0 N–H and O–H groups in total. The highest BCUT2D eigenvalue weighted by Gasteiger charge is 2.13. The number of hydrogen-bond donors (Lipinski definition) is 0. The van der Waals surface area contributed by atoms with Gasteiger partial charge in [-0.05, 0) is 42.3 Å². The number of carbonyl (C=O) groups is 1. The number of carbonyl (C=O) groups excluding carboxylic acids is 1. The number of hydrogen-bond acceptors (Lipinski definition) is 5. The van der Waals surface area contributed by atoms with E-state index in [2.05, 4.69) is 28.2 Å². The van der Waals surface area contributed by atoms with Crippen molar-refractivity contribution in [2.45, 2.75) is 11.9 Å². The first-order chi connectivity index (χ1) is 13.1. The number of thioether (sulfide) groups is 1. The zero-order valence-corrected chi connectivity index (χ0v) is 16.1. The molecule has 0 fully saturated rings. The summed E-state index contributed by atoms with van der Waals surface area (Å²) in [7, 11) is 0. The van der Waals surface area contributed by atoms with Crippen LogP contribution in [0.1, 0.15) is 15.9 Å². The fourth-order valence-electron chi connectivity index (χ4n) is 2.73. The molecule has 0 amide bonds. The number of aryl methyl sites for hydroxylation is 1. The molecule has 0 aliphatic carbocycles. The lowest BCUT2D eigenvalue weighted by molar-refractivity contribution is 0.102. The van der Waals surface area contributed by atoms with Crippen molar-refractivity contribution in [2.75, 3.05) is 5.75 Å². The maximum Gasteiger partial charge on any atom is 0.173 e. The van der Waals surface area contributed by atoms with Gasteiger partial charge in [0.25, 0.3) is 0 Å². The molecule has 0 bridgehead atoms. The van der Waals surface area contributed by atoms with Gasteiger partial charge in [-0.3, -0.25) is 4.79 Å². The molecule has 0 unspecified atom stereocenters. The molecule has 4 aromatic rings. The second-order valence-electron chi connectivity index (χ2n) is 6.05. The average molecular weight is 394 g/mol. The Morgan fingerprint density at radius 1 is 1.11 bits per heavy atom. The lowest BCUT2D eigenvalue weighted by Crippen LogP contribution is -2.03. The number of ketones is 1. The summed E-state index contributed by atoms with van der Waals surface area (Å²) in [5.41, 5.74) is 2.12. The predicted molar refractivity (Wildman–Crippen MR) is 109 cm³/mol. The van der Waals surface area contributed by atoms with Gasteiger partial charge < -0.3 is 0 Å². The van der Waals surface area contributed by atoms with Gasteiger partial charge in [0.2, 0.25) is 0 Å². The van der Waals surface area contributed by atoms with E-state index >= 15 is 0 Å². The summed E-state index contributed by atoms with van der Waals surface area (Å²) < 4.78 is 13.4. The lowest BCUT2D eigenvalue weighted by Gasteiger charge is -2.04. The number of fused-ring (bicyclic) bond motifs is 1. The van der Waals surface area contributed by atoms with E-state index in [1.54, 1.807) is 24.3 Å². The monoisotopic (exact) mass is 394 g/mol. The van der Waals surface area contributed by atoms with Gasteiger partial charge in [-0.25, -0.2) is 14.4 Å². The third kappa shape index (κ3) is 3.77. The van der Waals surface area contributed by atoms with Crippen LogP contribution in [0.15, 0.2) is 66.0 Å². The number of aromatic nitrogens is 2. The van der Waals surface area contributed by atoms with Gasteiger partial charge >= 0.3 is 0 Å². The summed E-state index contributed by atoms with van der Waals surface area (Å²) in [5.74, 6) is -0.106. The fraction of sp³-hybridized carbons (Fsp3) is 0.0952. The van der Waals surface area contributed by atoms with E-state index in [0.717, 1.165) is 25.7 Å². The SMILES string of the molecule is Cc1cc(C(=O)CSc2ncnc3sc(-c4ccccc4)cc23)ccc1F.